The minimum absolute atomic E-state index is 0.0653. The first-order valence-electron chi connectivity index (χ1n) is 6.07. The fourth-order valence-electron chi connectivity index (χ4n) is 2.33. The Morgan fingerprint density at radius 1 is 1.56 bits per heavy atom. The fraction of sp³-hybridized carbons (Fsp3) is 0.750. The van der Waals surface area contributed by atoms with E-state index in [1.807, 2.05) is 6.92 Å². The zero-order valence-corrected chi connectivity index (χ0v) is 11.0. The Labute approximate surface area is 102 Å². The van der Waals surface area contributed by atoms with Gasteiger partial charge in [-0.1, -0.05) is 12.8 Å². The fourth-order valence-corrected chi connectivity index (χ4v) is 3.10. The molecule has 1 saturated carbocycles. The van der Waals surface area contributed by atoms with Crippen LogP contribution >= 0.6 is 11.3 Å². The van der Waals surface area contributed by atoms with Crippen LogP contribution in [0.3, 0.4) is 0 Å². The van der Waals surface area contributed by atoms with Gasteiger partial charge in [-0.2, -0.15) is 0 Å². The van der Waals surface area contributed by atoms with Gasteiger partial charge in [0.1, 0.15) is 5.01 Å². The maximum Gasteiger partial charge on any atom is 0.109 e. The summed E-state index contributed by atoms with van der Waals surface area (Å²) >= 11 is 1.68. The maximum atomic E-state index is 5.81. The van der Waals surface area contributed by atoms with Gasteiger partial charge in [0.05, 0.1) is 11.7 Å². The minimum Gasteiger partial charge on any atom is -0.322 e. The third-order valence-corrected chi connectivity index (χ3v) is 4.41. The van der Waals surface area contributed by atoms with Crippen LogP contribution < -0.4 is 5.73 Å². The summed E-state index contributed by atoms with van der Waals surface area (Å²) in [6, 6.07) is 0.830. The molecule has 1 unspecified atom stereocenters. The molecular formula is C12H21N3S. The number of hydrogen-bond donors (Lipinski definition) is 1. The average molecular weight is 239 g/mol. The van der Waals surface area contributed by atoms with E-state index in [-0.39, 0.29) is 6.04 Å². The van der Waals surface area contributed by atoms with E-state index in [2.05, 4.69) is 22.3 Å². The van der Waals surface area contributed by atoms with Crippen LogP contribution in [0.5, 0.6) is 0 Å². The number of nitrogens with two attached hydrogens (primary N) is 1. The number of aromatic nitrogens is 1. The summed E-state index contributed by atoms with van der Waals surface area (Å²) in [6.45, 7) is 2.96. The molecule has 3 nitrogen and oxygen atoms in total. The van der Waals surface area contributed by atoms with E-state index in [4.69, 9.17) is 5.73 Å². The maximum absolute atomic E-state index is 5.81. The lowest BCUT2D eigenvalue weighted by atomic mass is 10.2. The average Bonchev–Trinajstić information content (AvgIpc) is 2.87. The molecule has 2 N–H and O–H groups in total. The van der Waals surface area contributed by atoms with E-state index < -0.39 is 0 Å². The van der Waals surface area contributed by atoms with Gasteiger partial charge in [-0.25, -0.2) is 4.98 Å². The van der Waals surface area contributed by atoms with Crippen molar-refractivity contribution in [3.05, 3.63) is 16.1 Å². The highest BCUT2D eigenvalue weighted by Gasteiger charge is 2.20. The quantitative estimate of drug-likeness (QED) is 0.878. The summed E-state index contributed by atoms with van der Waals surface area (Å²) in [5.74, 6) is 0. The summed E-state index contributed by atoms with van der Waals surface area (Å²) in [6.07, 6.45) is 5.47. The minimum atomic E-state index is 0.0653. The zero-order chi connectivity index (χ0) is 11.5. The summed E-state index contributed by atoms with van der Waals surface area (Å²) in [7, 11) is 2.21. The summed E-state index contributed by atoms with van der Waals surface area (Å²) in [5.41, 5.74) is 6.99. The number of nitrogens with zero attached hydrogens (tertiary/aromatic N) is 2. The largest absolute Gasteiger partial charge is 0.322 e. The van der Waals surface area contributed by atoms with Crippen LogP contribution in [0.2, 0.25) is 0 Å². The highest BCUT2D eigenvalue weighted by Crippen LogP contribution is 2.24. The standard InChI is InChI=1S/C12H21N3S/c1-9(13)12-14-10(8-16-12)7-15(2)11-5-3-4-6-11/h8-9,11H,3-7,13H2,1-2H3. The Hall–Kier alpha value is -0.450. The molecular weight excluding hydrogens is 218 g/mol. The Morgan fingerprint density at radius 2 is 2.25 bits per heavy atom. The third-order valence-electron chi connectivity index (χ3n) is 3.32. The van der Waals surface area contributed by atoms with Crippen LogP contribution in [0.15, 0.2) is 5.38 Å². The molecule has 1 aliphatic rings. The van der Waals surface area contributed by atoms with Gasteiger partial charge in [0.25, 0.3) is 0 Å². The van der Waals surface area contributed by atoms with Gasteiger partial charge in [0, 0.05) is 18.0 Å². The molecule has 1 heterocycles. The van der Waals surface area contributed by atoms with Crippen molar-refractivity contribution in [3.63, 3.8) is 0 Å². The Balaban J connectivity index is 1.92. The second-order valence-electron chi connectivity index (χ2n) is 4.82. The second-order valence-corrected chi connectivity index (χ2v) is 5.71. The molecule has 1 atom stereocenters. The number of rotatable bonds is 4. The van der Waals surface area contributed by atoms with Crippen molar-refractivity contribution in [2.75, 3.05) is 7.05 Å². The molecule has 0 radical (unpaired) electrons. The molecule has 0 aromatic carbocycles. The van der Waals surface area contributed by atoms with E-state index in [9.17, 15) is 0 Å². The summed E-state index contributed by atoms with van der Waals surface area (Å²) in [4.78, 5) is 7.01. The lowest BCUT2D eigenvalue weighted by Crippen LogP contribution is -2.28. The van der Waals surface area contributed by atoms with Crippen molar-refractivity contribution < 1.29 is 0 Å². The smallest absolute Gasteiger partial charge is 0.109 e. The van der Waals surface area contributed by atoms with Crippen molar-refractivity contribution in [1.82, 2.24) is 9.88 Å². The molecule has 90 valence electrons. The summed E-state index contributed by atoms with van der Waals surface area (Å²) < 4.78 is 0. The molecule has 1 aromatic heterocycles. The molecule has 2 rings (SSSR count). The van der Waals surface area contributed by atoms with Crippen LogP contribution in [-0.4, -0.2) is 23.0 Å². The van der Waals surface area contributed by atoms with Gasteiger partial charge in [-0.15, -0.1) is 11.3 Å². The van der Waals surface area contributed by atoms with Gasteiger partial charge >= 0.3 is 0 Å². The second kappa shape index (κ2) is 5.25. The Morgan fingerprint density at radius 3 is 2.81 bits per heavy atom. The van der Waals surface area contributed by atoms with Crippen LogP contribution in [0.4, 0.5) is 0 Å². The topological polar surface area (TPSA) is 42.1 Å². The highest BCUT2D eigenvalue weighted by molar-refractivity contribution is 7.09. The normalized spacial score (nSPS) is 19.5. The van der Waals surface area contributed by atoms with Crippen LogP contribution in [0.25, 0.3) is 0 Å². The van der Waals surface area contributed by atoms with E-state index >= 15 is 0 Å². The van der Waals surface area contributed by atoms with Crippen molar-refractivity contribution in [2.24, 2.45) is 5.73 Å². The van der Waals surface area contributed by atoms with Crippen molar-refractivity contribution in [2.45, 2.75) is 51.2 Å². The lowest BCUT2D eigenvalue weighted by Gasteiger charge is -2.22. The predicted molar refractivity (Wildman–Crippen MR) is 68.4 cm³/mol. The zero-order valence-electron chi connectivity index (χ0n) is 10.1. The van der Waals surface area contributed by atoms with E-state index in [0.29, 0.717) is 0 Å². The van der Waals surface area contributed by atoms with Crippen molar-refractivity contribution in [3.8, 4) is 0 Å². The molecule has 1 aromatic rings. The Bertz CT molecular complexity index is 329. The molecule has 0 spiro atoms. The van der Waals surface area contributed by atoms with Crippen LogP contribution in [-0.2, 0) is 6.54 Å². The SMILES string of the molecule is CC(N)c1nc(CN(C)C2CCCC2)cs1. The molecule has 0 bridgehead atoms. The first-order chi connectivity index (χ1) is 7.66. The molecule has 1 fully saturated rings. The van der Waals surface area contributed by atoms with E-state index in [1.165, 1.54) is 31.4 Å². The lowest BCUT2D eigenvalue weighted by molar-refractivity contribution is 0.235. The summed E-state index contributed by atoms with van der Waals surface area (Å²) in [5, 5.41) is 3.19. The molecule has 16 heavy (non-hydrogen) atoms. The van der Waals surface area contributed by atoms with Gasteiger partial charge in [0.2, 0.25) is 0 Å². The van der Waals surface area contributed by atoms with Crippen molar-refractivity contribution in [1.29, 1.82) is 0 Å². The van der Waals surface area contributed by atoms with Crippen LogP contribution in [0, 0.1) is 0 Å². The first-order valence-corrected chi connectivity index (χ1v) is 6.95. The van der Waals surface area contributed by atoms with Gasteiger partial charge in [-0.05, 0) is 26.8 Å². The highest BCUT2D eigenvalue weighted by atomic mass is 32.1. The predicted octanol–water partition coefficient (Wildman–Crippen LogP) is 2.54. The first kappa shape index (κ1) is 12.0. The van der Waals surface area contributed by atoms with Crippen molar-refractivity contribution >= 4 is 11.3 Å². The number of hydrogen-bond acceptors (Lipinski definition) is 4. The van der Waals surface area contributed by atoms with E-state index in [0.717, 1.165) is 17.6 Å². The molecule has 1 aliphatic carbocycles. The van der Waals surface area contributed by atoms with Gasteiger partial charge < -0.3 is 5.73 Å². The molecule has 0 aliphatic heterocycles. The molecule has 0 saturated heterocycles. The number of thiazole rings is 1. The van der Waals surface area contributed by atoms with Gasteiger partial charge in [-0.3, -0.25) is 4.90 Å². The monoisotopic (exact) mass is 239 g/mol. The third kappa shape index (κ3) is 2.81. The van der Waals surface area contributed by atoms with Gasteiger partial charge in [0.15, 0.2) is 0 Å². The molecule has 0 amide bonds. The molecule has 4 heteroatoms. The van der Waals surface area contributed by atoms with E-state index in [1.54, 1.807) is 11.3 Å². The Kier molecular flexibility index (Phi) is 3.95. The van der Waals surface area contributed by atoms with Crippen LogP contribution in [0.1, 0.15) is 49.4 Å².